The zero-order valence-corrected chi connectivity index (χ0v) is 37.1. The average Bonchev–Trinajstić information content (AvgIpc) is 4.06. The summed E-state index contributed by atoms with van der Waals surface area (Å²) in [6.07, 6.45) is 3.71. The second-order valence-corrected chi connectivity index (χ2v) is 17.5. The van der Waals surface area contributed by atoms with E-state index in [2.05, 4.69) is 201 Å². The molecule has 0 radical (unpaired) electrons. The molecule has 0 unspecified atom stereocenters. The van der Waals surface area contributed by atoms with Gasteiger partial charge >= 0.3 is 0 Å². The van der Waals surface area contributed by atoms with E-state index in [0.29, 0.717) is 17.5 Å². The standard InChI is InChI=1S/C62H39N7/c1-3-16-40(17-4-1)60-64-61(41-18-5-2-6-19-41)66-62(65-60)52-36-42(43-20-15-35-63-39-43)29-32-59(52)69-57-33-30-44(67-53-25-11-7-21-46(53)47-22-8-12-26-54(47)67)37-50(57)51-38-45(31-34-58(51)69)68-55-27-13-9-23-48(55)49-24-10-14-28-56(49)68/h1-39H. The van der Waals surface area contributed by atoms with Crippen LogP contribution < -0.4 is 0 Å². The van der Waals surface area contributed by atoms with Gasteiger partial charge in [-0.05, 0) is 84.4 Å². The molecule has 14 aromatic rings. The second kappa shape index (κ2) is 15.6. The third kappa shape index (κ3) is 6.21. The largest absolute Gasteiger partial charge is 0.309 e. The van der Waals surface area contributed by atoms with E-state index in [1.54, 1.807) is 0 Å². The highest BCUT2D eigenvalue weighted by Crippen LogP contribution is 2.42. The molecule has 5 heterocycles. The number of pyridine rings is 1. The third-order valence-corrected chi connectivity index (χ3v) is 13.6. The molecule has 69 heavy (non-hydrogen) atoms. The van der Waals surface area contributed by atoms with Gasteiger partial charge in [-0.2, -0.15) is 0 Å². The zero-order chi connectivity index (χ0) is 45.4. The molecule has 0 fully saturated rings. The normalized spacial score (nSPS) is 11.8. The van der Waals surface area contributed by atoms with Gasteiger partial charge in [0.25, 0.3) is 0 Å². The molecule has 0 aliphatic rings. The number of nitrogens with zero attached hydrogens (tertiary/aromatic N) is 7. The predicted molar refractivity (Wildman–Crippen MR) is 282 cm³/mol. The third-order valence-electron chi connectivity index (χ3n) is 13.6. The molecule has 0 spiro atoms. The van der Waals surface area contributed by atoms with E-state index < -0.39 is 0 Å². The Labute approximate surface area is 396 Å². The van der Waals surface area contributed by atoms with Gasteiger partial charge in [0.15, 0.2) is 17.5 Å². The van der Waals surface area contributed by atoms with Crippen molar-refractivity contribution in [3.05, 3.63) is 237 Å². The Balaban J connectivity index is 1.08. The molecule has 0 atom stereocenters. The van der Waals surface area contributed by atoms with Gasteiger partial charge in [0.1, 0.15) is 0 Å². The van der Waals surface area contributed by atoms with Gasteiger partial charge in [0.05, 0.1) is 38.8 Å². The maximum atomic E-state index is 5.32. The highest BCUT2D eigenvalue weighted by molar-refractivity contribution is 6.14. The summed E-state index contributed by atoms with van der Waals surface area (Å²) in [6, 6.07) is 79.7. The molecule has 0 aliphatic carbocycles. The molecule has 0 saturated carbocycles. The van der Waals surface area contributed by atoms with Crippen molar-refractivity contribution in [3.8, 4) is 62.4 Å². The van der Waals surface area contributed by atoms with Crippen LogP contribution in [-0.2, 0) is 0 Å². The van der Waals surface area contributed by atoms with E-state index in [1.807, 2.05) is 54.9 Å². The first-order valence-corrected chi connectivity index (χ1v) is 23.2. The Bertz CT molecular complexity index is 3970. The monoisotopic (exact) mass is 881 g/mol. The highest BCUT2D eigenvalue weighted by atomic mass is 15.1. The lowest BCUT2D eigenvalue weighted by Crippen LogP contribution is -2.04. The zero-order valence-electron chi connectivity index (χ0n) is 37.1. The molecule has 7 nitrogen and oxygen atoms in total. The molecule has 7 heteroatoms. The summed E-state index contributed by atoms with van der Waals surface area (Å²) in [5.41, 5.74) is 14.6. The van der Waals surface area contributed by atoms with Crippen molar-refractivity contribution >= 4 is 65.4 Å². The van der Waals surface area contributed by atoms with Gasteiger partial charge in [0, 0.05) is 78.3 Å². The van der Waals surface area contributed by atoms with Gasteiger partial charge < -0.3 is 13.7 Å². The fourth-order valence-corrected chi connectivity index (χ4v) is 10.5. The summed E-state index contributed by atoms with van der Waals surface area (Å²) in [5, 5.41) is 7.16. The van der Waals surface area contributed by atoms with Gasteiger partial charge in [-0.1, -0.05) is 146 Å². The second-order valence-electron chi connectivity index (χ2n) is 17.5. The Kier molecular flexibility index (Phi) is 8.75. The van der Waals surface area contributed by atoms with E-state index in [9.17, 15) is 0 Å². The lowest BCUT2D eigenvalue weighted by atomic mass is 10.0. The quantitative estimate of drug-likeness (QED) is 0.160. The van der Waals surface area contributed by atoms with Gasteiger partial charge in [-0.25, -0.2) is 15.0 Å². The lowest BCUT2D eigenvalue weighted by Gasteiger charge is -2.17. The summed E-state index contributed by atoms with van der Waals surface area (Å²) in [4.78, 5) is 20.2. The first kappa shape index (κ1) is 38.8. The Morgan fingerprint density at radius 3 is 1.16 bits per heavy atom. The van der Waals surface area contributed by atoms with E-state index in [-0.39, 0.29) is 0 Å². The number of rotatable bonds is 7. The minimum Gasteiger partial charge on any atom is -0.309 e. The molecule has 322 valence electrons. The summed E-state index contributed by atoms with van der Waals surface area (Å²) in [6.45, 7) is 0. The lowest BCUT2D eigenvalue weighted by molar-refractivity contribution is 1.06. The van der Waals surface area contributed by atoms with Crippen LogP contribution in [0.2, 0.25) is 0 Å². The van der Waals surface area contributed by atoms with Crippen molar-refractivity contribution in [2.24, 2.45) is 0 Å². The van der Waals surface area contributed by atoms with Crippen LogP contribution >= 0.6 is 0 Å². The Morgan fingerprint density at radius 2 is 0.696 bits per heavy atom. The first-order valence-electron chi connectivity index (χ1n) is 23.2. The van der Waals surface area contributed by atoms with Crippen molar-refractivity contribution < 1.29 is 0 Å². The number of benzene rings is 9. The van der Waals surface area contributed by atoms with Crippen LogP contribution in [0.4, 0.5) is 0 Å². The van der Waals surface area contributed by atoms with Gasteiger partial charge in [-0.3, -0.25) is 4.98 Å². The fourth-order valence-electron chi connectivity index (χ4n) is 10.5. The minimum absolute atomic E-state index is 0.572. The molecule has 0 amide bonds. The van der Waals surface area contributed by atoms with Crippen molar-refractivity contribution in [1.82, 2.24) is 33.6 Å². The topological polar surface area (TPSA) is 66.3 Å². The number of aromatic nitrogens is 7. The van der Waals surface area contributed by atoms with E-state index in [4.69, 9.17) is 15.0 Å². The SMILES string of the molecule is c1ccc(-c2nc(-c3ccccc3)nc(-c3cc(-c4cccnc4)ccc3-n3c4ccc(-n5c6ccccc6c6ccccc65)cc4c4cc(-n5c6ccccc6c6ccccc65)ccc43)n2)cc1. The molecule has 14 rings (SSSR count). The Hall–Kier alpha value is -9.46. The van der Waals surface area contributed by atoms with Crippen molar-refractivity contribution in [1.29, 1.82) is 0 Å². The first-order chi connectivity index (χ1) is 34.2. The molecule has 9 aromatic carbocycles. The number of fused-ring (bicyclic) bond motifs is 9. The van der Waals surface area contributed by atoms with Gasteiger partial charge in [0.2, 0.25) is 0 Å². The Morgan fingerprint density at radius 1 is 0.275 bits per heavy atom. The van der Waals surface area contributed by atoms with Crippen molar-refractivity contribution in [3.63, 3.8) is 0 Å². The average molecular weight is 882 g/mol. The van der Waals surface area contributed by atoms with Crippen molar-refractivity contribution in [2.75, 3.05) is 0 Å². The van der Waals surface area contributed by atoms with Crippen molar-refractivity contribution in [2.45, 2.75) is 0 Å². The molecule has 0 N–H and O–H groups in total. The van der Waals surface area contributed by atoms with Crippen LogP contribution in [-0.4, -0.2) is 33.6 Å². The van der Waals surface area contributed by atoms with Crippen LogP contribution in [0.5, 0.6) is 0 Å². The molecule has 0 saturated heterocycles. The summed E-state index contributed by atoms with van der Waals surface area (Å²) < 4.78 is 7.20. The number of para-hydroxylation sites is 4. The summed E-state index contributed by atoms with van der Waals surface area (Å²) >= 11 is 0. The molecular formula is C62H39N7. The van der Waals surface area contributed by atoms with Crippen LogP contribution in [0.1, 0.15) is 0 Å². The van der Waals surface area contributed by atoms with Crippen LogP contribution in [0.25, 0.3) is 128 Å². The molecule has 5 aromatic heterocycles. The van der Waals surface area contributed by atoms with Crippen LogP contribution in [0.3, 0.4) is 0 Å². The van der Waals surface area contributed by atoms with E-state index in [1.165, 1.54) is 43.6 Å². The van der Waals surface area contributed by atoms with E-state index in [0.717, 1.165) is 66.7 Å². The number of hydrogen-bond acceptors (Lipinski definition) is 4. The van der Waals surface area contributed by atoms with Gasteiger partial charge in [-0.15, -0.1) is 0 Å². The smallest absolute Gasteiger partial charge is 0.166 e. The summed E-state index contributed by atoms with van der Waals surface area (Å²) in [5.74, 6) is 1.78. The predicted octanol–water partition coefficient (Wildman–Crippen LogP) is 15.2. The fraction of sp³-hybridized carbons (Fsp3) is 0. The number of hydrogen-bond donors (Lipinski definition) is 0. The molecule has 0 aliphatic heterocycles. The van der Waals surface area contributed by atoms with Crippen LogP contribution in [0.15, 0.2) is 237 Å². The maximum absolute atomic E-state index is 5.32. The van der Waals surface area contributed by atoms with E-state index >= 15 is 0 Å². The minimum atomic E-state index is 0.572. The highest BCUT2D eigenvalue weighted by Gasteiger charge is 2.23. The maximum Gasteiger partial charge on any atom is 0.166 e. The molecule has 0 bridgehead atoms. The summed E-state index contributed by atoms with van der Waals surface area (Å²) in [7, 11) is 0. The van der Waals surface area contributed by atoms with Crippen LogP contribution in [0, 0.1) is 0 Å². The molecular weight excluding hydrogens is 843 g/mol.